The van der Waals surface area contributed by atoms with Crippen molar-refractivity contribution in [3.05, 3.63) is 106 Å². The Bertz CT molecular complexity index is 883. The third kappa shape index (κ3) is 5.09. The number of rotatable bonds is 5. The van der Waals surface area contributed by atoms with Gasteiger partial charge in [-0.1, -0.05) is 77.5 Å². The second-order valence-electron chi connectivity index (χ2n) is 5.55. The van der Waals surface area contributed by atoms with Gasteiger partial charge in [0, 0.05) is 15.5 Å². The summed E-state index contributed by atoms with van der Waals surface area (Å²) in [5.41, 5.74) is 3.93. The minimum Gasteiger partial charge on any atom is -0.248 e. The Morgan fingerprint density at radius 1 is 0.880 bits per heavy atom. The van der Waals surface area contributed by atoms with Crippen LogP contribution in [0.25, 0.3) is 0 Å². The van der Waals surface area contributed by atoms with Crippen molar-refractivity contribution >= 4 is 34.8 Å². The molecule has 0 fully saturated rings. The largest absolute Gasteiger partial charge is 0.248 e. The maximum Gasteiger partial charge on any atom is 0.0729 e. The Morgan fingerprint density at radius 3 is 2.28 bits per heavy atom. The number of halogens is 1. The average Bonchev–Trinajstić information content (AvgIpc) is 2.64. The molecule has 0 unspecified atom stereocenters. The molecule has 0 bridgehead atoms. The van der Waals surface area contributed by atoms with Gasteiger partial charge in [0.25, 0.3) is 0 Å². The summed E-state index contributed by atoms with van der Waals surface area (Å²) in [6, 6.07) is 26.2. The van der Waals surface area contributed by atoms with Crippen LogP contribution >= 0.6 is 23.4 Å². The Balaban J connectivity index is 1.89. The Hall–Kier alpha value is -2.29. The van der Waals surface area contributed by atoms with Crippen molar-refractivity contribution in [2.24, 2.45) is 4.99 Å². The molecular weight excluding hydrogens is 346 g/mol. The van der Waals surface area contributed by atoms with Crippen LogP contribution in [0.3, 0.4) is 0 Å². The fourth-order valence-electron chi connectivity index (χ4n) is 2.29. The van der Waals surface area contributed by atoms with Crippen molar-refractivity contribution in [3.63, 3.8) is 0 Å². The first-order chi connectivity index (χ1) is 12.2. The molecule has 3 heteroatoms. The van der Waals surface area contributed by atoms with E-state index in [1.165, 1.54) is 10.5 Å². The summed E-state index contributed by atoms with van der Waals surface area (Å²) >= 11 is 8.04. The van der Waals surface area contributed by atoms with Crippen molar-refractivity contribution in [1.29, 1.82) is 0 Å². The Labute approximate surface area is 158 Å². The summed E-state index contributed by atoms with van der Waals surface area (Å²) in [5, 5.41) is 2.75. The molecule has 3 aromatic carbocycles. The van der Waals surface area contributed by atoms with Gasteiger partial charge in [-0.05, 0) is 48.7 Å². The van der Waals surface area contributed by atoms with Crippen molar-refractivity contribution in [1.82, 2.24) is 0 Å². The third-order valence-corrected chi connectivity index (χ3v) is 4.75. The molecular formula is C22H18ClNS. The standard InChI is InChI=1S/C22H18ClNS/c1-17-11-13-19(14-12-17)25-16-15-22(20-9-5-6-10-21(20)23)24-18-7-3-2-4-8-18/h2-16H,1H3. The molecule has 1 nitrogen and oxygen atoms in total. The molecule has 0 aliphatic heterocycles. The molecule has 0 N–H and O–H groups in total. The predicted molar refractivity (Wildman–Crippen MR) is 110 cm³/mol. The fraction of sp³-hybridized carbons (Fsp3) is 0.0455. The smallest absolute Gasteiger partial charge is 0.0729 e. The van der Waals surface area contributed by atoms with E-state index in [1.54, 1.807) is 11.8 Å². The topological polar surface area (TPSA) is 12.4 Å². The highest BCUT2D eigenvalue weighted by Gasteiger charge is 2.05. The van der Waals surface area contributed by atoms with Gasteiger partial charge in [0.2, 0.25) is 0 Å². The Kier molecular flexibility index (Phi) is 6.10. The summed E-state index contributed by atoms with van der Waals surface area (Å²) in [4.78, 5) is 5.96. The zero-order valence-corrected chi connectivity index (χ0v) is 15.5. The predicted octanol–water partition coefficient (Wildman–Crippen LogP) is 7.08. The first-order valence-corrected chi connectivity index (χ1v) is 9.27. The van der Waals surface area contributed by atoms with Crippen LogP contribution in [0.5, 0.6) is 0 Å². The monoisotopic (exact) mass is 363 g/mol. The van der Waals surface area contributed by atoms with Crippen LogP contribution in [0.4, 0.5) is 5.69 Å². The number of thioether (sulfide) groups is 1. The van der Waals surface area contributed by atoms with Gasteiger partial charge in [0.1, 0.15) is 0 Å². The molecule has 0 saturated heterocycles. The van der Waals surface area contributed by atoms with E-state index in [0.717, 1.165) is 17.0 Å². The molecule has 0 aliphatic rings. The lowest BCUT2D eigenvalue weighted by Crippen LogP contribution is -1.97. The van der Waals surface area contributed by atoms with E-state index in [4.69, 9.17) is 16.6 Å². The highest BCUT2D eigenvalue weighted by atomic mass is 35.5. The zero-order valence-electron chi connectivity index (χ0n) is 13.9. The van der Waals surface area contributed by atoms with E-state index in [1.807, 2.05) is 60.7 Å². The van der Waals surface area contributed by atoms with Gasteiger partial charge >= 0.3 is 0 Å². The van der Waals surface area contributed by atoms with Crippen LogP contribution < -0.4 is 0 Å². The number of aliphatic imine (C=N–C) groups is 1. The van der Waals surface area contributed by atoms with Crippen LogP contribution in [0.15, 0.2) is 100 Å². The molecule has 3 aromatic rings. The van der Waals surface area contributed by atoms with Gasteiger partial charge in [-0.3, -0.25) is 0 Å². The lowest BCUT2D eigenvalue weighted by atomic mass is 10.1. The summed E-state index contributed by atoms with van der Waals surface area (Å²) in [6.07, 6.45) is 2.01. The number of aryl methyl sites for hydroxylation is 1. The van der Waals surface area contributed by atoms with Crippen molar-refractivity contribution < 1.29 is 0 Å². The van der Waals surface area contributed by atoms with E-state index in [0.29, 0.717) is 5.02 Å². The van der Waals surface area contributed by atoms with Gasteiger partial charge in [0.05, 0.1) is 11.4 Å². The molecule has 0 radical (unpaired) electrons. The molecule has 124 valence electrons. The number of hydrogen-bond donors (Lipinski definition) is 0. The van der Waals surface area contributed by atoms with Crippen LogP contribution in [-0.2, 0) is 0 Å². The molecule has 0 heterocycles. The van der Waals surface area contributed by atoms with E-state index < -0.39 is 0 Å². The molecule has 0 aliphatic carbocycles. The molecule has 0 spiro atoms. The van der Waals surface area contributed by atoms with E-state index in [-0.39, 0.29) is 0 Å². The molecule has 0 saturated carbocycles. The number of allylic oxidation sites excluding steroid dienone is 1. The number of hydrogen-bond acceptors (Lipinski definition) is 2. The van der Waals surface area contributed by atoms with Gasteiger partial charge in [-0.15, -0.1) is 0 Å². The zero-order chi connectivity index (χ0) is 17.5. The summed E-state index contributed by atoms with van der Waals surface area (Å²) in [7, 11) is 0. The van der Waals surface area contributed by atoms with Crippen molar-refractivity contribution in [2.45, 2.75) is 11.8 Å². The highest BCUT2D eigenvalue weighted by molar-refractivity contribution is 8.02. The molecule has 25 heavy (non-hydrogen) atoms. The number of nitrogens with zero attached hydrogens (tertiary/aromatic N) is 1. The van der Waals surface area contributed by atoms with E-state index in [9.17, 15) is 0 Å². The minimum atomic E-state index is 0.696. The normalized spacial score (nSPS) is 11.8. The molecule has 3 rings (SSSR count). The van der Waals surface area contributed by atoms with Gasteiger partial charge < -0.3 is 0 Å². The number of para-hydroxylation sites is 1. The average molecular weight is 364 g/mol. The summed E-state index contributed by atoms with van der Waals surface area (Å²) in [5.74, 6) is 0. The summed E-state index contributed by atoms with van der Waals surface area (Å²) in [6.45, 7) is 2.09. The van der Waals surface area contributed by atoms with Crippen LogP contribution in [0.2, 0.25) is 5.02 Å². The van der Waals surface area contributed by atoms with Crippen LogP contribution in [0.1, 0.15) is 11.1 Å². The number of benzene rings is 3. The fourth-order valence-corrected chi connectivity index (χ4v) is 3.17. The van der Waals surface area contributed by atoms with E-state index >= 15 is 0 Å². The summed E-state index contributed by atoms with van der Waals surface area (Å²) < 4.78 is 0. The highest BCUT2D eigenvalue weighted by Crippen LogP contribution is 2.23. The Morgan fingerprint density at radius 2 is 1.56 bits per heavy atom. The minimum absolute atomic E-state index is 0.696. The van der Waals surface area contributed by atoms with Crippen molar-refractivity contribution in [2.75, 3.05) is 0 Å². The molecule has 0 aromatic heterocycles. The quantitative estimate of drug-likeness (QED) is 0.348. The lowest BCUT2D eigenvalue weighted by Gasteiger charge is -2.05. The lowest BCUT2D eigenvalue weighted by molar-refractivity contribution is 1.38. The third-order valence-electron chi connectivity index (χ3n) is 3.61. The second kappa shape index (κ2) is 8.70. The van der Waals surface area contributed by atoms with Crippen LogP contribution in [0, 0.1) is 6.92 Å². The van der Waals surface area contributed by atoms with Crippen molar-refractivity contribution in [3.8, 4) is 0 Å². The van der Waals surface area contributed by atoms with Crippen LogP contribution in [-0.4, -0.2) is 5.71 Å². The first-order valence-electron chi connectivity index (χ1n) is 8.01. The molecule has 0 amide bonds. The van der Waals surface area contributed by atoms with Gasteiger partial charge in [0.15, 0.2) is 0 Å². The SMILES string of the molecule is Cc1ccc(SC=CC(=Nc2ccccc2)c2ccccc2Cl)cc1. The van der Waals surface area contributed by atoms with E-state index in [2.05, 4.69) is 36.6 Å². The van der Waals surface area contributed by atoms with Gasteiger partial charge in [-0.25, -0.2) is 4.99 Å². The maximum absolute atomic E-state index is 6.38. The molecule has 0 atom stereocenters. The first kappa shape index (κ1) is 17.5. The van der Waals surface area contributed by atoms with Gasteiger partial charge in [-0.2, -0.15) is 0 Å². The second-order valence-corrected chi connectivity index (χ2v) is 6.93. The maximum atomic E-state index is 6.38.